The van der Waals surface area contributed by atoms with Crippen LogP contribution < -0.4 is 4.74 Å². The first-order valence-corrected chi connectivity index (χ1v) is 8.64. The van der Waals surface area contributed by atoms with Crippen molar-refractivity contribution in [2.24, 2.45) is 7.05 Å². The van der Waals surface area contributed by atoms with Crippen LogP contribution in [-0.2, 0) is 24.9 Å². The normalized spacial score (nSPS) is 10.6. The highest BCUT2D eigenvalue weighted by Gasteiger charge is 2.18. The van der Waals surface area contributed by atoms with Gasteiger partial charge >= 0.3 is 5.97 Å². The first kappa shape index (κ1) is 18.5. The third kappa shape index (κ3) is 4.26. The van der Waals surface area contributed by atoms with Crippen molar-refractivity contribution in [3.05, 3.63) is 88.7 Å². The van der Waals surface area contributed by atoms with Crippen LogP contribution in [0.5, 0.6) is 5.75 Å². The molecule has 0 atom stereocenters. The van der Waals surface area contributed by atoms with Gasteiger partial charge in [0, 0.05) is 18.3 Å². The molecule has 0 aliphatic heterocycles. The first-order chi connectivity index (χ1) is 13.0. The first-order valence-electron chi connectivity index (χ1n) is 8.64. The summed E-state index contributed by atoms with van der Waals surface area (Å²) in [4.78, 5) is 23.8. The van der Waals surface area contributed by atoms with Crippen molar-refractivity contribution in [2.45, 2.75) is 20.0 Å². The number of ether oxygens (including phenoxy) is 1. The van der Waals surface area contributed by atoms with Crippen molar-refractivity contribution >= 4 is 11.8 Å². The second-order valence-electron chi connectivity index (χ2n) is 6.42. The van der Waals surface area contributed by atoms with Crippen LogP contribution in [0.25, 0.3) is 0 Å². The van der Waals surface area contributed by atoms with E-state index in [2.05, 4.69) is 0 Å². The van der Waals surface area contributed by atoms with Gasteiger partial charge in [0.2, 0.25) is 5.78 Å². The Balaban J connectivity index is 1.76. The molecule has 0 saturated heterocycles. The molecule has 0 fully saturated rings. The average Bonchev–Trinajstić information content (AvgIpc) is 3.00. The van der Waals surface area contributed by atoms with E-state index in [9.17, 15) is 9.59 Å². The van der Waals surface area contributed by atoms with E-state index < -0.39 is 5.97 Å². The van der Waals surface area contributed by atoms with E-state index in [1.165, 1.54) is 0 Å². The minimum Gasteiger partial charge on any atom is -0.489 e. The maximum Gasteiger partial charge on any atom is 0.309 e. The second-order valence-corrected chi connectivity index (χ2v) is 6.42. The maximum absolute atomic E-state index is 12.9. The molecule has 5 heteroatoms. The molecule has 0 aliphatic rings. The summed E-state index contributed by atoms with van der Waals surface area (Å²) >= 11 is 0. The Hall–Kier alpha value is -3.34. The van der Waals surface area contributed by atoms with Crippen LogP contribution in [0.1, 0.15) is 32.9 Å². The number of carboxylic acid groups (broad SMARTS) is 1. The number of carbonyl (C=O) groups excluding carboxylic acids is 1. The molecule has 2 aromatic carbocycles. The van der Waals surface area contributed by atoms with Crippen LogP contribution in [0.15, 0.2) is 60.7 Å². The van der Waals surface area contributed by atoms with Crippen molar-refractivity contribution < 1.29 is 19.4 Å². The number of nitrogens with zero attached hydrogens (tertiary/aromatic N) is 1. The third-order valence-corrected chi connectivity index (χ3v) is 4.48. The predicted molar refractivity (Wildman–Crippen MR) is 102 cm³/mol. The Morgan fingerprint density at radius 3 is 2.44 bits per heavy atom. The zero-order valence-corrected chi connectivity index (χ0v) is 15.3. The molecule has 0 bridgehead atoms. The minimum absolute atomic E-state index is 0.116. The molecule has 27 heavy (non-hydrogen) atoms. The van der Waals surface area contributed by atoms with Gasteiger partial charge in [0.25, 0.3) is 0 Å². The molecule has 1 aromatic heterocycles. The Bertz CT molecular complexity index is 973. The third-order valence-electron chi connectivity index (χ3n) is 4.48. The highest BCUT2D eigenvalue weighted by Crippen LogP contribution is 2.22. The smallest absolute Gasteiger partial charge is 0.309 e. The molecule has 0 spiro atoms. The number of aliphatic carboxylic acids is 1. The van der Waals surface area contributed by atoms with E-state index in [1.807, 2.05) is 43.3 Å². The van der Waals surface area contributed by atoms with Crippen LogP contribution in [0.2, 0.25) is 0 Å². The molecule has 0 unspecified atom stereocenters. The largest absolute Gasteiger partial charge is 0.489 e. The van der Waals surface area contributed by atoms with Gasteiger partial charge in [0.05, 0.1) is 12.1 Å². The molecule has 0 radical (unpaired) electrons. The number of hydrogen-bond acceptors (Lipinski definition) is 3. The van der Waals surface area contributed by atoms with Gasteiger partial charge in [0.1, 0.15) is 12.4 Å². The lowest BCUT2D eigenvalue weighted by molar-refractivity contribution is -0.136. The summed E-state index contributed by atoms with van der Waals surface area (Å²) < 4.78 is 7.44. The Morgan fingerprint density at radius 1 is 1.04 bits per heavy atom. The van der Waals surface area contributed by atoms with E-state index in [4.69, 9.17) is 9.84 Å². The molecule has 3 rings (SSSR count). The molecule has 138 valence electrons. The number of carbonyl (C=O) groups is 2. The van der Waals surface area contributed by atoms with Gasteiger partial charge < -0.3 is 14.4 Å². The number of carboxylic acids is 1. The van der Waals surface area contributed by atoms with Gasteiger partial charge in [-0.15, -0.1) is 0 Å². The number of aromatic nitrogens is 1. The summed E-state index contributed by atoms with van der Waals surface area (Å²) in [6, 6.07) is 18.6. The minimum atomic E-state index is -0.925. The van der Waals surface area contributed by atoms with E-state index in [0.717, 1.165) is 11.1 Å². The van der Waals surface area contributed by atoms with Crippen LogP contribution >= 0.6 is 0 Å². The van der Waals surface area contributed by atoms with E-state index in [-0.39, 0.29) is 12.2 Å². The molecule has 3 aromatic rings. The summed E-state index contributed by atoms with van der Waals surface area (Å²) in [5.74, 6) is -0.362. The molecule has 0 amide bonds. The fourth-order valence-electron chi connectivity index (χ4n) is 2.97. The predicted octanol–water partition coefficient (Wildman–Crippen LogP) is 3.77. The number of benzene rings is 2. The summed E-state index contributed by atoms with van der Waals surface area (Å²) in [5.41, 5.74) is 3.51. The standard InChI is InChI=1S/C22H21NO4/c1-15-12-18(27-14-16-6-4-3-5-7-16)9-10-19(15)22(26)20-11-8-17(23(20)2)13-21(24)25/h3-12H,13-14H2,1-2H3,(H,24,25). The quantitative estimate of drug-likeness (QED) is 0.649. The molecule has 1 heterocycles. The van der Waals surface area contributed by atoms with Gasteiger partial charge in [-0.2, -0.15) is 0 Å². The van der Waals surface area contributed by atoms with E-state index in [1.54, 1.807) is 35.9 Å². The highest BCUT2D eigenvalue weighted by molar-refractivity contribution is 6.09. The zero-order chi connectivity index (χ0) is 19.4. The molecular weight excluding hydrogens is 342 g/mol. The van der Waals surface area contributed by atoms with Crippen molar-refractivity contribution in [3.8, 4) is 5.75 Å². The van der Waals surface area contributed by atoms with Crippen molar-refractivity contribution in [3.63, 3.8) is 0 Å². The SMILES string of the molecule is Cc1cc(OCc2ccccc2)ccc1C(=O)c1ccc(CC(=O)O)n1C. The highest BCUT2D eigenvalue weighted by atomic mass is 16.5. The van der Waals surface area contributed by atoms with Gasteiger partial charge in [0.15, 0.2) is 0 Å². The van der Waals surface area contributed by atoms with Gasteiger partial charge in [-0.3, -0.25) is 9.59 Å². The summed E-state index contributed by atoms with van der Waals surface area (Å²) in [6.45, 7) is 2.33. The second kappa shape index (κ2) is 7.91. The Morgan fingerprint density at radius 2 is 1.78 bits per heavy atom. The molecule has 0 saturated carbocycles. The van der Waals surface area contributed by atoms with Crippen LogP contribution in [0, 0.1) is 6.92 Å². The van der Waals surface area contributed by atoms with Gasteiger partial charge in [-0.05, 0) is 48.4 Å². The van der Waals surface area contributed by atoms with E-state index in [0.29, 0.717) is 29.3 Å². The maximum atomic E-state index is 12.9. The number of ketones is 1. The lowest BCUT2D eigenvalue weighted by Gasteiger charge is -2.11. The van der Waals surface area contributed by atoms with Crippen molar-refractivity contribution in [2.75, 3.05) is 0 Å². The van der Waals surface area contributed by atoms with Crippen molar-refractivity contribution in [1.29, 1.82) is 0 Å². The fraction of sp³-hybridized carbons (Fsp3) is 0.182. The summed E-state index contributed by atoms with van der Waals surface area (Å²) in [6.07, 6.45) is -0.116. The monoisotopic (exact) mass is 363 g/mol. The van der Waals surface area contributed by atoms with Crippen molar-refractivity contribution in [1.82, 2.24) is 4.57 Å². The number of aryl methyl sites for hydroxylation is 1. The Kier molecular flexibility index (Phi) is 5.41. The number of hydrogen-bond donors (Lipinski definition) is 1. The fourth-order valence-corrected chi connectivity index (χ4v) is 2.97. The molecule has 5 nitrogen and oxygen atoms in total. The average molecular weight is 363 g/mol. The summed E-state index contributed by atoms with van der Waals surface area (Å²) in [7, 11) is 1.71. The van der Waals surface area contributed by atoms with Crippen LogP contribution in [0.3, 0.4) is 0 Å². The zero-order valence-electron chi connectivity index (χ0n) is 15.3. The topological polar surface area (TPSA) is 68.5 Å². The number of rotatable bonds is 7. The van der Waals surface area contributed by atoms with E-state index >= 15 is 0 Å². The Labute approximate surface area is 157 Å². The lowest BCUT2D eigenvalue weighted by atomic mass is 10.0. The van der Waals surface area contributed by atoms with Crippen LogP contribution in [-0.4, -0.2) is 21.4 Å². The van der Waals surface area contributed by atoms with Crippen LogP contribution in [0.4, 0.5) is 0 Å². The molecule has 0 aliphatic carbocycles. The summed E-state index contributed by atoms with van der Waals surface area (Å²) in [5, 5.41) is 8.95. The lowest BCUT2D eigenvalue weighted by Crippen LogP contribution is -2.12. The molecule has 1 N–H and O–H groups in total. The molecular formula is C22H21NO4. The van der Waals surface area contributed by atoms with Gasteiger partial charge in [-0.1, -0.05) is 30.3 Å². The van der Waals surface area contributed by atoms with Gasteiger partial charge in [-0.25, -0.2) is 0 Å².